The van der Waals surface area contributed by atoms with Gasteiger partial charge in [-0.25, -0.2) is 8.42 Å². The number of aliphatic hydroxyl groups excluding tert-OH is 1. The van der Waals surface area contributed by atoms with Crippen molar-refractivity contribution < 1.29 is 13.5 Å². The van der Waals surface area contributed by atoms with E-state index in [1.54, 1.807) is 0 Å². The lowest BCUT2D eigenvalue weighted by Gasteiger charge is -2.26. The molecule has 7 heteroatoms. The van der Waals surface area contributed by atoms with Gasteiger partial charge in [-0.15, -0.1) is 10.2 Å². The Morgan fingerprint density at radius 1 is 1.21 bits per heavy atom. The minimum atomic E-state index is -2.93. The van der Waals surface area contributed by atoms with Gasteiger partial charge in [0.2, 0.25) is 0 Å². The normalized spacial score (nSPS) is 29.9. The monoisotopic (exact) mass is 285 g/mol. The molecule has 1 aromatic heterocycles. The zero-order valence-electron chi connectivity index (χ0n) is 10.8. The van der Waals surface area contributed by atoms with E-state index >= 15 is 0 Å². The lowest BCUT2D eigenvalue weighted by molar-refractivity contribution is 0.236. The number of nitrogens with zero attached hydrogens (tertiary/aromatic N) is 3. The molecule has 0 amide bonds. The maximum atomic E-state index is 11.7. The van der Waals surface area contributed by atoms with E-state index in [0.29, 0.717) is 12.2 Å². The Labute approximate surface area is 112 Å². The fraction of sp³-hybridized carbons (Fsp3) is 0.833. The molecule has 19 heavy (non-hydrogen) atoms. The number of fused-ring (bicyclic) bond motifs is 1. The van der Waals surface area contributed by atoms with Crippen molar-refractivity contribution in [2.75, 3.05) is 18.1 Å². The largest absolute Gasteiger partial charge is 0.396 e. The van der Waals surface area contributed by atoms with Crippen LogP contribution in [0.15, 0.2) is 0 Å². The van der Waals surface area contributed by atoms with Gasteiger partial charge in [-0.3, -0.25) is 0 Å². The van der Waals surface area contributed by atoms with E-state index in [1.165, 1.54) is 0 Å². The van der Waals surface area contributed by atoms with E-state index in [2.05, 4.69) is 10.2 Å². The highest BCUT2D eigenvalue weighted by molar-refractivity contribution is 7.91. The van der Waals surface area contributed by atoms with Crippen molar-refractivity contribution in [3.05, 3.63) is 11.6 Å². The molecule has 1 N–H and O–H groups in total. The molecule has 3 heterocycles. The second-order valence-corrected chi connectivity index (χ2v) is 7.77. The molecule has 0 aromatic carbocycles. The van der Waals surface area contributed by atoms with Gasteiger partial charge in [-0.1, -0.05) is 0 Å². The third kappa shape index (κ3) is 2.41. The van der Waals surface area contributed by atoms with Crippen LogP contribution in [0.5, 0.6) is 0 Å². The Morgan fingerprint density at radius 3 is 2.74 bits per heavy atom. The summed E-state index contributed by atoms with van der Waals surface area (Å²) in [6.45, 7) is 0.922. The first kappa shape index (κ1) is 13.1. The van der Waals surface area contributed by atoms with Gasteiger partial charge in [0, 0.05) is 18.4 Å². The Morgan fingerprint density at radius 2 is 2.00 bits per heavy atom. The molecule has 106 valence electrons. The van der Waals surface area contributed by atoms with Crippen LogP contribution in [0.25, 0.3) is 0 Å². The molecule has 1 fully saturated rings. The van der Waals surface area contributed by atoms with Gasteiger partial charge in [0.1, 0.15) is 11.6 Å². The molecule has 0 aliphatic carbocycles. The minimum Gasteiger partial charge on any atom is -0.396 e. The molecule has 0 radical (unpaired) electrons. The van der Waals surface area contributed by atoms with Crippen LogP contribution in [0.4, 0.5) is 0 Å². The molecule has 6 nitrogen and oxygen atoms in total. The molecule has 2 atom stereocenters. The number of sulfone groups is 1. The van der Waals surface area contributed by atoms with Crippen LogP contribution in [0.3, 0.4) is 0 Å². The summed E-state index contributed by atoms with van der Waals surface area (Å²) in [6.07, 6.45) is 3.49. The average molecular weight is 285 g/mol. The fourth-order valence-corrected chi connectivity index (χ4v) is 4.89. The highest BCUT2D eigenvalue weighted by Crippen LogP contribution is 2.32. The Kier molecular flexibility index (Phi) is 3.34. The van der Waals surface area contributed by atoms with Crippen molar-refractivity contribution in [2.24, 2.45) is 0 Å². The van der Waals surface area contributed by atoms with Gasteiger partial charge in [0.25, 0.3) is 0 Å². The predicted molar refractivity (Wildman–Crippen MR) is 69.7 cm³/mol. The van der Waals surface area contributed by atoms with Crippen molar-refractivity contribution in [3.63, 3.8) is 0 Å². The summed E-state index contributed by atoms with van der Waals surface area (Å²) in [5, 5.41) is 17.8. The number of aromatic nitrogens is 3. The fourth-order valence-electron chi connectivity index (χ4n) is 3.19. The molecule has 2 aliphatic rings. The summed E-state index contributed by atoms with van der Waals surface area (Å²) in [6, 6.07) is 0. The second kappa shape index (κ2) is 4.86. The highest BCUT2D eigenvalue weighted by Gasteiger charge is 2.32. The van der Waals surface area contributed by atoms with Gasteiger partial charge >= 0.3 is 0 Å². The summed E-state index contributed by atoms with van der Waals surface area (Å²) in [7, 11) is -2.93. The maximum Gasteiger partial charge on any atom is 0.151 e. The van der Waals surface area contributed by atoms with Crippen molar-refractivity contribution >= 4 is 9.84 Å². The third-order valence-corrected chi connectivity index (χ3v) is 5.98. The Balaban J connectivity index is 1.92. The molecule has 1 aromatic rings. The first-order valence-corrected chi connectivity index (χ1v) is 8.67. The lowest BCUT2D eigenvalue weighted by Crippen LogP contribution is -2.27. The average Bonchev–Trinajstić information content (AvgIpc) is 2.81. The molecular formula is C12H19N3O3S. The number of hydrogen-bond donors (Lipinski definition) is 1. The van der Waals surface area contributed by atoms with E-state index in [0.717, 1.165) is 37.5 Å². The van der Waals surface area contributed by atoms with Crippen LogP contribution in [0.1, 0.15) is 49.2 Å². The van der Waals surface area contributed by atoms with Gasteiger partial charge in [-0.05, 0) is 25.7 Å². The summed E-state index contributed by atoms with van der Waals surface area (Å²) >= 11 is 0. The number of rotatable bonds is 2. The van der Waals surface area contributed by atoms with Crippen LogP contribution < -0.4 is 0 Å². The molecular weight excluding hydrogens is 266 g/mol. The summed E-state index contributed by atoms with van der Waals surface area (Å²) in [5.41, 5.74) is 0. The summed E-state index contributed by atoms with van der Waals surface area (Å²) in [5.74, 6) is 2.13. The van der Waals surface area contributed by atoms with Gasteiger partial charge in [0.15, 0.2) is 9.84 Å². The van der Waals surface area contributed by atoms with Crippen molar-refractivity contribution in [1.82, 2.24) is 14.8 Å². The van der Waals surface area contributed by atoms with Crippen molar-refractivity contribution in [2.45, 2.75) is 44.1 Å². The molecule has 2 aliphatic heterocycles. The molecule has 0 bridgehead atoms. The first-order chi connectivity index (χ1) is 9.11. The summed E-state index contributed by atoms with van der Waals surface area (Å²) in [4.78, 5) is 0. The van der Waals surface area contributed by atoms with Gasteiger partial charge in [-0.2, -0.15) is 0 Å². The standard InChI is InChI=1S/C12H19N3O3S/c16-7-9-3-1-5-15-11(9)13-14-12(15)10-4-2-6-19(17,18)8-10/h9-10,16H,1-8H2. The molecule has 2 unspecified atom stereocenters. The quantitative estimate of drug-likeness (QED) is 0.852. The van der Waals surface area contributed by atoms with E-state index in [9.17, 15) is 13.5 Å². The van der Waals surface area contributed by atoms with E-state index in [-0.39, 0.29) is 24.2 Å². The first-order valence-electron chi connectivity index (χ1n) is 6.85. The maximum absolute atomic E-state index is 11.7. The molecule has 1 saturated heterocycles. The smallest absolute Gasteiger partial charge is 0.151 e. The van der Waals surface area contributed by atoms with Crippen molar-refractivity contribution in [3.8, 4) is 0 Å². The zero-order valence-corrected chi connectivity index (χ0v) is 11.6. The number of hydrogen-bond acceptors (Lipinski definition) is 5. The minimum absolute atomic E-state index is 0.0301. The molecule has 3 rings (SSSR count). The van der Waals surface area contributed by atoms with Gasteiger partial charge < -0.3 is 9.67 Å². The Hall–Kier alpha value is -0.950. The van der Waals surface area contributed by atoms with E-state index in [1.807, 2.05) is 4.57 Å². The van der Waals surface area contributed by atoms with Crippen LogP contribution in [-0.2, 0) is 16.4 Å². The van der Waals surface area contributed by atoms with Crippen LogP contribution >= 0.6 is 0 Å². The van der Waals surface area contributed by atoms with E-state index < -0.39 is 9.84 Å². The molecule has 0 spiro atoms. The Bertz CT molecular complexity index is 567. The second-order valence-electron chi connectivity index (χ2n) is 5.54. The summed E-state index contributed by atoms with van der Waals surface area (Å²) < 4.78 is 25.5. The zero-order chi connectivity index (χ0) is 13.5. The topological polar surface area (TPSA) is 85.1 Å². The SMILES string of the molecule is O=S1(=O)CCCC(c2nnc3n2CCCC3CO)C1. The number of aliphatic hydroxyl groups is 1. The van der Waals surface area contributed by atoms with Crippen molar-refractivity contribution in [1.29, 1.82) is 0 Å². The predicted octanol–water partition coefficient (Wildman–Crippen LogP) is 0.440. The molecule has 0 saturated carbocycles. The van der Waals surface area contributed by atoms with E-state index in [4.69, 9.17) is 0 Å². The van der Waals surface area contributed by atoms with Crippen LogP contribution in [0, 0.1) is 0 Å². The lowest BCUT2D eigenvalue weighted by atomic mass is 9.98. The van der Waals surface area contributed by atoms with Crippen LogP contribution in [0.2, 0.25) is 0 Å². The van der Waals surface area contributed by atoms with Gasteiger partial charge in [0.05, 0.1) is 18.1 Å². The highest BCUT2D eigenvalue weighted by atomic mass is 32.2. The van der Waals surface area contributed by atoms with Crippen LogP contribution in [-0.4, -0.2) is 46.4 Å². The third-order valence-electron chi connectivity index (χ3n) is 4.16.